The summed E-state index contributed by atoms with van der Waals surface area (Å²) in [5, 5.41) is 3.50. The van der Waals surface area contributed by atoms with Gasteiger partial charge in [-0.3, -0.25) is 9.89 Å². The zero-order chi connectivity index (χ0) is 17.4. The fourth-order valence-electron chi connectivity index (χ4n) is 2.88. The van der Waals surface area contributed by atoms with Gasteiger partial charge >= 0.3 is 0 Å². The van der Waals surface area contributed by atoms with Crippen LogP contribution in [0.3, 0.4) is 0 Å². The molecule has 1 N–H and O–H groups in total. The van der Waals surface area contributed by atoms with Gasteiger partial charge in [-0.25, -0.2) is 0 Å². The van der Waals surface area contributed by atoms with Crippen molar-refractivity contribution in [1.29, 1.82) is 0 Å². The lowest BCUT2D eigenvalue weighted by Gasteiger charge is -2.30. The van der Waals surface area contributed by atoms with Crippen molar-refractivity contribution in [2.75, 3.05) is 53.5 Å². The van der Waals surface area contributed by atoms with Crippen LogP contribution >= 0.6 is 15.9 Å². The molecule has 0 amide bonds. The molecule has 1 atom stereocenters. The van der Waals surface area contributed by atoms with Crippen molar-refractivity contribution in [2.45, 2.75) is 13.5 Å². The van der Waals surface area contributed by atoms with Gasteiger partial charge in [0.15, 0.2) is 5.96 Å². The minimum absolute atomic E-state index is 0.570. The second-order valence-corrected chi connectivity index (χ2v) is 7.34. The van der Waals surface area contributed by atoms with E-state index in [0.29, 0.717) is 5.92 Å². The van der Waals surface area contributed by atoms with Gasteiger partial charge in [-0.2, -0.15) is 0 Å². The highest BCUT2D eigenvalue weighted by Crippen LogP contribution is 2.12. The van der Waals surface area contributed by atoms with E-state index in [4.69, 9.17) is 4.74 Å². The lowest BCUT2D eigenvalue weighted by molar-refractivity contribution is 0.0320. The largest absolute Gasteiger partial charge is 0.379 e. The minimum atomic E-state index is 0.570. The van der Waals surface area contributed by atoms with Gasteiger partial charge in [-0.15, -0.1) is 0 Å². The summed E-state index contributed by atoms with van der Waals surface area (Å²) in [6.45, 7) is 8.95. The molecule has 2 rings (SSSR count). The van der Waals surface area contributed by atoms with Crippen LogP contribution in [0, 0.1) is 5.92 Å². The Kier molecular flexibility index (Phi) is 8.02. The van der Waals surface area contributed by atoms with Gasteiger partial charge in [0.05, 0.1) is 13.2 Å². The standard InChI is InChI=1S/C18H29BrN4O/c1-15(13-23-8-10-24-11-9-23)12-21-18(20-2)22(3)14-16-4-6-17(19)7-5-16/h4-7,15H,8-14H2,1-3H3,(H,20,21). The topological polar surface area (TPSA) is 40.1 Å². The van der Waals surface area contributed by atoms with E-state index < -0.39 is 0 Å². The van der Waals surface area contributed by atoms with Gasteiger partial charge in [0.25, 0.3) is 0 Å². The van der Waals surface area contributed by atoms with Crippen LogP contribution in [-0.4, -0.2) is 69.2 Å². The normalized spacial score (nSPS) is 17.6. The van der Waals surface area contributed by atoms with Crippen LogP contribution in [0.1, 0.15) is 12.5 Å². The Labute approximate surface area is 154 Å². The molecule has 0 aliphatic carbocycles. The molecular weight excluding hydrogens is 368 g/mol. The van der Waals surface area contributed by atoms with Gasteiger partial charge in [-0.05, 0) is 23.6 Å². The third-order valence-corrected chi connectivity index (χ3v) is 4.72. The van der Waals surface area contributed by atoms with Gasteiger partial charge < -0.3 is 15.0 Å². The molecule has 0 saturated carbocycles. The lowest BCUT2D eigenvalue weighted by Crippen LogP contribution is -2.44. The number of nitrogens with zero attached hydrogens (tertiary/aromatic N) is 3. The average molecular weight is 397 g/mol. The summed E-state index contributed by atoms with van der Waals surface area (Å²) in [6, 6.07) is 8.41. The monoisotopic (exact) mass is 396 g/mol. The Balaban J connectivity index is 1.77. The Morgan fingerprint density at radius 2 is 2.00 bits per heavy atom. The molecule has 1 aliphatic rings. The number of guanidine groups is 1. The van der Waals surface area contributed by atoms with E-state index in [1.807, 2.05) is 7.05 Å². The third-order valence-electron chi connectivity index (χ3n) is 4.19. The Bertz CT molecular complexity index is 514. The summed E-state index contributed by atoms with van der Waals surface area (Å²) in [7, 11) is 3.91. The number of benzene rings is 1. The van der Waals surface area contributed by atoms with Crippen molar-refractivity contribution in [3.8, 4) is 0 Å². The second-order valence-electron chi connectivity index (χ2n) is 6.43. The van der Waals surface area contributed by atoms with Gasteiger partial charge in [0, 0.05) is 51.3 Å². The van der Waals surface area contributed by atoms with Crippen molar-refractivity contribution in [1.82, 2.24) is 15.1 Å². The van der Waals surface area contributed by atoms with E-state index >= 15 is 0 Å². The maximum atomic E-state index is 5.41. The zero-order valence-electron chi connectivity index (χ0n) is 15.0. The van der Waals surface area contributed by atoms with E-state index in [1.54, 1.807) is 0 Å². The molecule has 0 radical (unpaired) electrons. The van der Waals surface area contributed by atoms with Crippen LogP contribution in [0.4, 0.5) is 0 Å². The molecule has 1 unspecified atom stereocenters. The molecule has 5 nitrogen and oxygen atoms in total. The number of ether oxygens (including phenoxy) is 1. The summed E-state index contributed by atoms with van der Waals surface area (Å²) >= 11 is 3.47. The van der Waals surface area contributed by atoms with Crippen molar-refractivity contribution < 1.29 is 4.74 Å². The quantitative estimate of drug-likeness (QED) is 0.591. The molecule has 0 bridgehead atoms. The van der Waals surface area contributed by atoms with E-state index in [9.17, 15) is 0 Å². The molecular formula is C18H29BrN4O. The van der Waals surface area contributed by atoms with E-state index in [2.05, 4.69) is 74.3 Å². The Morgan fingerprint density at radius 1 is 1.33 bits per heavy atom. The molecule has 1 heterocycles. The molecule has 0 aromatic heterocycles. The predicted octanol–water partition coefficient (Wildman–Crippen LogP) is 2.42. The first-order chi connectivity index (χ1) is 11.6. The number of hydrogen-bond donors (Lipinski definition) is 1. The smallest absolute Gasteiger partial charge is 0.193 e. The van der Waals surface area contributed by atoms with Gasteiger partial charge in [-0.1, -0.05) is 35.0 Å². The highest BCUT2D eigenvalue weighted by Gasteiger charge is 2.14. The molecule has 1 aromatic rings. The maximum Gasteiger partial charge on any atom is 0.193 e. The summed E-state index contributed by atoms with van der Waals surface area (Å²) in [5.74, 6) is 1.51. The van der Waals surface area contributed by atoms with E-state index in [1.165, 1.54) is 5.56 Å². The first-order valence-corrected chi connectivity index (χ1v) is 9.34. The third kappa shape index (κ3) is 6.42. The fraction of sp³-hybridized carbons (Fsp3) is 0.611. The number of hydrogen-bond acceptors (Lipinski definition) is 3. The molecule has 1 aromatic carbocycles. The molecule has 1 saturated heterocycles. The Morgan fingerprint density at radius 3 is 2.62 bits per heavy atom. The van der Waals surface area contributed by atoms with E-state index in [0.717, 1.165) is 56.4 Å². The molecule has 6 heteroatoms. The zero-order valence-corrected chi connectivity index (χ0v) is 16.6. The first kappa shape index (κ1) is 19.2. The van der Waals surface area contributed by atoms with Crippen molar-refractivity contribution >= 4 is 21.9 Å². The summed E-state index contributed by atoms with van der Waals surface area (Å²) < 4.78 is 6.51. The number of aliphatic imine (C=N–C) groups is 1. The number of morpholine rings is 1. The average Bonchev–Trinajstić information content (AvgIpc) is 2.58. The predicted molar refractivity (Wildman–Crippen MR) is 103 cm³/mol. The van der Waals surface area contributed by atoms with Crippen LogP contribution in [0.15, 0.2) is 33.7 Å². The van der Waals surface area contributed by atoms with Crippen molar-refractivity contribution in [3.05, 3.63) is 34.3 Å². The van der Waals surface area contributed by atoms with Crippen molar-refractivity contribution in [2.24, 2.45) is 10.9 Å². The van der Waals surface area contributed by atoms with Crippen molar-refractivity contribution in [3.63, 3.8) is 0 Å². The molecule has 0 spiro atoms. The van der Waals surface area contributed by atoms with E-state index in [-0.39, 0.29) is 0 Å². The number of rotatable bonds is 6. The van der Waals surface area contributed by atoms with Crippen LogP contribution in [0.25, 0.3) is 0 Å². The number of halogens is 1. The van der Waals surface area contributed by atoms with Crippen LogP contribution < -0.4 is 5.32 Å². The van der Waals surface area contributed by atoms with Gasteiger partial charge in [0.2, 0.25) is 0 Å². The van der Waals surface area contributed by atoms with Crippen LogP contribution in [0.2, 0.25) is 0 Å². The highest BCUT2D eigenvalue weighted by molar-refractivity contribution is 9.10. The fourth-order valence-corrected chi connectivity index (χ4v) is 3.14. The van der Waals surface area contributed by atoms with Crippen LogP contribution in [0.5, 0.6) is 0 Å². The minimum Gasteiger partial charge on any atom is -0.379 e. The number of nitrogens with one attached hydrogen (secondary N) is 1. The molecule has 24 heavy (non-hydrogen) atoms. The first-order valence-electron chi connectivity index (χ1n) is 8.55. The molecule has 1 aliphatic heterocycles. The molecule has 134 valence electrons. The Hall–Kier alpha value is -1.11. The maximum absolute atomic E-state index is 5.41. The summed E-state index contributed by atoms with van der Waals surface area (Å²) in [5.41, 5.74) is 1.27. The highest BCUT2D eigenvalue weighted by atomic mass is 79.9. The second kappa shape index (κ2) is 10.0. The van der Waals surface area contributed by atoms with Crippen LogP contribution in [-0.2, 0) is 11.3 Å². The van der Waals surface area contributed by atoms with Gasteiger partial charge in [0.1, 0.15) is 0 Å². The SMILES string of the molecule is CN=C(NCC(C)CN1CCOCC1)N(C)Cc1ccc(Br)cc1. The summed E-state index contributed by atoms with van der Waals surface area (Å²) in [6.07, 6.45) is 0. The summed E-state index contributed by atoms with van der Waals surface area (Å²) in [4.78, 5) is 9.04. The lowest BCUT2D eigenvalue weighted by atomic mass is 10.1. The molecule has 1 fully saturated rings.